The largest absolute Gasteiger partial charge is 0.303 e. The third-order valence-corrected chi connectivity index (χ3v) is 4.39. The van der Waals surface area contributed by atoms with Crippen LogP contribution in [0.4, 0.5) is 4.39 Å². The summed E-state index contributed by atoms with van der Waals surface area (Å²) in [5, 5.41) is 3.62. The van der Waals surface area contributed by atoms with Gasteiger partial charge < -0.3 is 5.32 Å². The highest BCUT2D eigenvalue weighted by atomic mass is 79.9. The summed E-state index contributed by atoms with van der Waals surface area (Å²) in [4.78, 5) is 0. The Balaban J connectivity index is 2.13. The van der Waals surface area contributed by atoms with Crippen LogP contribution in [0.1, 0.15) is 49.0 Å². The van der Waals surface area contributed by atoms with E-state index in [2.05, 4.69) is 66.3 Å². The summed E-state index contributed by atoms with van der Waals surface area (Å²) in [6, 6.07) is 14.3. The Bertz CT molecular complexity index is 595. The van der Waals surface area contributed by atoms with Gasteiger partial charge in [-0.05, 0) is 59.5 Å². The van der Waals surface area contributed by atoms with Gasteiger partial charge in [0.25, 0.3) is 0 Å². The second-order valence-electron chi connectivity index (χ2n) is 5.43. The molecule has 2 aromatic rings. The van der Waals surface area contributed by atoms with Crippen LogP contribution in [0, 0.1) is 12.7 Å². The average molecular weight is 350 g/mol. The summed E-state index contributed by atoms with van der Waals surface area (Å²) in [6.07, 6.45) is 1.01. The van der Waals surface area contributed by atoms with Crippen molar-refractivity contribution >= 4 is 15.9 Å². The summed E-state index contributed by atoms with van der Waals surface area (Å²) in [7, 11) is 0. The standard InChI is InChI=1S/C18H21BrFN/c1-4-18(14-7-5-12(2)6-8-14)21-13(3)15-9-10-17(20)16(19)11-15/h5-11,13,18,21H,4H2,1-3H3. The molecule has 0 aliphatic carbocycles. The number of hydrogen-bond acceptors (Lipinski definition) is 1. The molecule has 3 heteroatoms. The van der Waals surface area contributed by atoms with Crippen LogP contribution in [0.2, 0.25) is 0 Å². The fraction of sp³-hybridized carbons (Fsp3) is 0.333. The van der Waals surface area contributed by atoms with E-state index in [0.29, 0.717) is 10.5 Å². The molecule has 2 unspecified atom stereocenters. The summed E-state index contributed by atoms with van der Waals surface area (Å²) in [6.45, 7) is 6.37. The lowest BCUT2D eigenvalue weighted by atomic mass is 10.0. The first-order valence-electron chi connectivity index (χ1n) is 7.28. The maximum Gasteiger partial charge on any atom is 0.137 e. The fourth-order valence-electron chi connectivity index (χ4n) is 2.43. The van der Waals surface area contributed by atoms with Crippen LogP contribution in [0.5, 0.6) is 0 Å². The van der Waals surface area contributed by atoms with Gasteiger partial charge in [0, 0.05) is 12.1 Å². The van der Waals surface area contributed by atoms with Crippen LogP contribution < -0.4 is 5.32 Å². The smallest absolute Gasteiger partial charge is 0.137 e. The van der Waals surface area contributed by atoms with E-state index in [1.807, 2.05) is 12.1 Å². The fourth-order valence-corrected chi connectivity index (χ4v) is 2.82. The predicted octanol–water partition coefficient (Wildman–Crippen LogP) is 5.70. The first-order valence-corrected chi connectivity index (χ1v) is 8.08. The van der Waals surface area contributed by atoms with E-state index in [1.165, 1.54) is 17.2 Å². The third kappa shape index (κ3) is 4.14. The molecule has 21 heavy (non-hydrogen) atoms. The molecule has 0 fully saturated rings. The highest BCUT2D eigenvalue weighted by Gasteiger charge is 2.14. The van der Waals surface area contributed by atoms with Crippen molar-refractivity contribution in [1.82, 2.24) is 5.32 Å². The number of benzene rings is 2. The van der Waals surface area contributed by atoms with Crippen molar-refractivity contribution in [2.45, 2.75) is 39.3 Å². The predicted molar refractivity (Wildman–Crippen MR) is 89.9 cm³/mol. The van der Waals surface area contributed by atoms with Gasteiger partial charge in [-0.3, -0.25) is 0 Å². The van der Waals surface area contributed by atoms with Crippen molar-refractivity contribution in [3.63, 3.8) is 0 Å². The number of halogens is 2. The minimum absolute atomic E-state index is 0.160. The molecule has 0 bridgehead atoms. The van der Waals surface area contributed by atoms with Gasteiger partial charge in [-0.25, -0.2) is 4.39 Å². The Morgan fingerprint density at radius 2 is 1.71 bits per heavy atom. The van der Waals surface area contributed by atoms with Crippen LogP contribution in [0.15, 0.2) is 46.9 Å². The Morgan fingerprint density at radius 3 is 2.29 bits per heavy atom. The minimum Gasteiger partial charge on any atom is -0.303 e. The molecule has 0 aliphatic rings. The molecule has 0 aromatic heterocycles. The van der Waals surface area contributed by atoms with Gasteiger partial charge >= 0.3 is 0 Å². The third-order valence-electron chi connectivity index (χ3n) is 3.78. The molecule has 1 N–H and O–H groups in total. The van der Waals surface area contributed by atoms with Crippen molar-refractivity contribution in [3.8, 4) is 0 Å². The average Bonchev–Trinajstić information content (AvgIpc) is 2.48. The Labute approximate surface area is 134 Å². The summed E-state index contributed by atoms with van der Waals surface area (Å²) >= 11 is 3.25. The molecule has 1 nitrogen and oxygen atoms in total. The number of nitrogens with one attached hydrogen (secondary N) is 1. The van der Waals surface area contributed by atoms with Crippen LogP contribution in [0.3, 0.4) is 0 Å². The Hall–Kier alpha value is -1.19. The topological polar surface area (TPSA) is 12.0 Å². The van der Waals surface area contributed by atoms with E-state index < -0.39 is 0 Å². The quantitative estimate of drug-likeness (QED) is 0.730. The minimum atomic E-state index is -0.225. The van der Waals surface area contributed by atoms with Gasteiger partial charge in [-0.15, -0.1) is 0 Å². The molecule has 0 radical (unpaired) electrons. The molecule has 2 aromatic carbocycles. The zero-order chi connectivity index (χ0) is 15.4. The van der Waals surface area contributed by atoms with Gasteiger partial charge in [0.05, 0.1) is 4.47 Å². The van der Waals surface area contributed by atoms with E-state index in [-0.39, 0.29) is 11.9 Å². The molecule has 112 valence electrons. The van der Waals surface area contributed by atoms with E-state index in [4.69, 9.17) is 0 Å². The molecule has 0 saturated heterocycles. The Morgan fingerprint density at radius 1 is 1.10 bits per heavy atom. The van der Waals surface area contributed by atoms with Gasteiger partial charge in [0.15, 0.2) is 0 Å². The van der Waals surface area contributed by atoms with Gasteiger partial charge in [0.2, 0.25) is 0 Å². The highest BCUT2D eigenvalue weighted by molar-refractivity contribution is 9.10. The summed E-state index contributed by atoms with van der Waals surface area (Å²) in [5.41, 5.74) is 3.63. The monoisotopic (exact) mass is 349 g/mol. The molecular formula is C18H21BrFN. The molecule has 0 heterocycles. The normalized spacial score (nSPS) is 14.0. The van der Waals surface area contributed by atoms with Gasteiger partial charge in [-0.2, -0.15) is 0 Å². The van der Waals surface area contributed by atoms with Crippen LogP contribution in [0.25, 0.3) is 0 Å². The molecule has 0 spiro atoms. The lowest BCUT2D eigenvalue weighted by Gasteiger charge is -2.23. The zero-order valence-electron chi connectivity index (χ0n) is 12.7. The molecule has 2 atom stereocenters. The lowest BCUT2D eigenvalue weighted by molar-refractivity contribution is 0.455. The van der Waals surface area contributed by atoms with Crippen molar-refractivity contribution < 1.29 is 4.39 Å². The lowest BCUT2D eigenvalue weighted by Crippen LogP contribution is -2.24. The van der Waals surface area contributed by atoms with E-state index in [1.54, 1.807) is 0 Å². The Kier molecular flexibility index (Phi) is 5.54. The number of hydrogen-bond donors (Lipinski definition) is 1. The molecule has 0 aliphatic heterocycles. The zero-order valence-corrected chi connectivity index (χ0v) is 14.2. The van der Waals surface area contributed by atoms with Gasteiger partial charge in [0.1, 0.15) is 5.82 Å². The second kappa shape index (κ2) is 7.19. The van der Waals surface area contributed by atoms with Crippen molar-refractivity contribution in [2.75, 3.05) is 0 Å². The van der Waals surface area contributed by atoms with Crippen LogP contribution in [-0.2, 0) is 0 Å². The number of rotatable bonds is 5. The van der Waals surface area contributed by atoms with E-state index in [9.17, 15) is 4.39 Å². The second-order valence-corrected chi connectivity index (χ2v) is 6.29. The first kappa shape index (κ1) is 16.2. The van der Waals surface area contributed by atoms with E-state index in [0.717, 1.165) is 12.0 Å². The maximum absolute atomic E-state index is 13.3. The SMILES string of the molecule is CCC(NC(C)c1ccc(F)c(Br)c1)c1ccc(C)cc1. The summed E-state index contributed by atoms with van der Waals surface area (Å²) in [5.74, 6) is -0.225. The van der Waals surface area contributed by atoms with Crippen molar-refractivity contribution in [3.05, 3.63) is 69.4 Å². The van der Waals surface area contributed by atoms with E-state index >= 15 is 0 Å². The van der Waals surface area contributed by atoms with Crippen molar-refractivity contribution in [2.24, 2.45) is 0 Å². The van der Waals surface area contributed by atoms with Crippen LogP contribution in [-0.4, -0.2) is 0 Å². The van der Waals surface area contributed by atoms with Gasteiger partial charge in [-0.1, -0.05) is 42.8 Å². The number of aryl methyl sites for hydroxylation is 1. The molecular weight excluding hydrogens is 329 g/mol. The highest BCUT2D eigenvalue weighted by Crippen LogP contribution is 2.25. The first-order chi connectivity index (χ1) is 10.0. The molecule has 0 amide bonds. The van der Waals surface area contributed by atoms with Crippen molar-refractivity contribution in [1.29, 1.82) is 0 Å². The maximum atomic E-state index is 13.3. The molecule has 0 saturated carbocycles. The van der Waals surface area contributed by atoms with Crippen LogP contribution >= 0.6 is 15.9 Å². The summed E-state index contributed by atoms with van der Waals surface area (Å²) < 4.78 is 13.8. The molecule has 2 rings (SSSR count).